The molecule has 1 aliphatic rings. The van der Waals surface area contributed by atoms with Crippen LogP contribution < -0.4 is 0 Å². The average Bonchev–Trinajstić information content (AvgIpc) is 3.00. The van der Waals surface area contributed by atoms with E-state index in [2.05, 4.69) is 0 Å². The van der Waals surface area contributed by atoms with Crippen molar-refractivity contribution in [3.05, 3.63) is 65.2 Å². The third-order valence-electron chi connectivity index (χ3n) is 4.43. The van der Waals surface area contributed by atoms with Gasteiger partial charge < -0.3 is 0 Å². The van der Waals surface area contributed by atoms with Crippen LogP contribution in [0.3, 0.4) is 0 Å². The fourth-order valence-corrected chi connectivity index (χ4v) is 4.83. The molecule has 122 valence electrons. The molecule has 2 aromatic rings. The van der Waals surface area contributed by atoms with E-state index < -0.39 is 10.0 Å². The summed E-state index contributed by atoms with van der Waals surface area (Å²) in [6.45, 7) is 4.25. The monoisotopic (exact) mass is 329 g/mol. The fourth-order valence-electron chi connectivity index (χ4n) is 3.15. The summed E-state index contributed by atoms with van der Waals surface area (Å²) in [5.74, 6) is 0. The third kappa shape index (κ3) is 3.33. The van der Waals surface area contributed by atoms with Crippen LogP contribution in [0.25, 0.3) is 0 Å². The molecule has 0 saturated heterocycles. The maximum absolute atomic E-state index is 13.1. The molecule has 0 aromatic heterocycles. The van der Waals surface area contributed by atoms with Crippen LogP contribution in [0.5, 0.6) is 0 Å². The smallest absolute Gasteiger partial charge is 0.207 e. The van der Waals surface area contributed by atoms with Gasteiger partial charge in [-0.1, -0.05) is 36.4 Å². The minimum Gasteiger partial charge on any atom is -0.207 e. The summed E-state index contributed by atoms with van der Waals surface area (Å²) in [7, 11) is -3.49. The van der Waals surface area contributed by atoms with E-state index in [0.717, 1.165) is 24.8 Å². The number of fused-ring (bicyclic) bond motifs is 1. The first-order valence-electron chi connectivity index (χ1n) is 8.16. The van der Waals surface area contributed by atoms with Crippen molar-refractivity contribution >= 4 is 10.0 Å². The molecule has 0 heterocycles. The Hall–Kier alpha value is -1.65. The molecule has 0 spiro atoms. The maximum Gasteiger partial charge on any atom is 0.243 e. The average molecular weight is 329 g/mol. The van der Waals surface area contributed by atoms with Gasteiger partial charge in [-0.2, -0.15) is 4.31 Å². The lowest BCUT2D eigenvalue weighted by Crippen LogP contribution is -2.36. The van der Waals surface area contributed by atoms with Crippen molar-refractivity contribution < 1.29 is 8.42 Å². The molecule has 4 heteroatoms. The van der Waals surface area contributed by atoms with Crippen molar-refractivity contribution in [1.82, 2.24) is 4.31 Å². The van der Waals surface area contributed by atoms with Gasteiger partial charge in [0.15, 0.2) is 0 Å². The first kappa shape index (κ1) is 16.2. The van der Waals surface area contributed by atoms with Gasteiger partial charge in [0.2, 0.25) is 10.0 Å². The zero-order chi connectivity index (χ0) is 16.4. The van der Waals surface area contributed by atoms with E-state index in [4.69, 9.17) is 0 Å². The number of benzene rings is 2. The highest BCUT2D eigenvalue weighted by Crippen LogP contribution is 2.27. The fraction of sp³-hybridized carbons (Fsp3) is 0.368. The zero-order valence-electron chi connectivity index (χ0n) is 13.7. The number of rotatable bonds is 5. The van der Waals surface area contributed by atoms with Crippen LogP contribution >= 0.6 is 0 Å². The molecule has 1 aliphatic carbocycles. The van der Waals surface area contributed by atoms with Gasteiger partial charge in [-0.25, -0.2) is 8.42 Å². The van der Waals surface area contributed by atoms with Gasteiger partial charge >= 0.3 is 0 Å². The molecule has 0 N–H and O–H groups in total. The molecule has 0 radical (unpaired) electrons. The topological polar surface area (TPSA) is 37.4 Å². The minimum absolute atomic E-state index is 0.0894. The van der Waals surface area contributed by atoms with Crippen LogP contribution in [0.1, 0.15) is 37.0 Å². The van der Waals surface area contributed by atoms with Crippen LogP contribution in [-0.4, -0.2) is 18.8 Å². The highest BCUT2D eigenvalue weighted by Gasteiger charge is 2.28. The molecule has 3 rings (SSSR count). The summed E-state index contributed by atoms with van der Waals surface area (Å²) < 4.78 is 27.8. The third-order valence-corrected chi connectivity index (χ3v) is 6.45. The summed E-state index contributed by atoms with van der Waals surface area (Å²) in [6, 6.07) is 15.3. The predicted molar refractivity (Wildman–Crippen MR) is 92.8 cm³/mol. The Morgan fingerprint density at radius 2 is 1.70 bits per heavy atom. The lowest BCUT2D eigenvalue weighted by atomic mass is 10.1. The summed E-state index contributed by atoms with van der Waals surface area (Å²) >= 11 is 0. The SMILES string of the molecule is CC(C)N(Cc1ccccc1)S(=O)(=O)c1ccc2c(c1)CCC2. The lowest BCUT2D eigenvalue weighted by molar-refractivity contribution is 0.348. The molecule has 0 atom stereocenters. The minimum atomic E-state index is -3.49. The highest BCUT2D eigenvalue weighted by molar-refractivity contribution is 7.89. The molecule has 0 bridgehead atoms. The largest absolute Gasteiger partial charge is 0.243 e. The van der Waals surface area contributed by atoms with E-state index in [1.54, 1.807) is 10.4 Å². The molecule has 0 unspecified atom stereocenters. The molecule has 0 saturated carbocycles. The summed E-state index contributed by atoms with van der Waals surface area (Å²) in [5, 5.41) is 0. The second-order valence-electron chi connectivity index (χ2n) is 6.41. The number of aryl methyl sites for hydroxylation is 2. The van der Waals surface area contributed by atoms with Crippen molar-refractivity contribution in [2.24, 2.45) is 0 Å². The highest BCUT2D eigenvalue weighted by atomic mass is 32.2. The van der Waals surface area contributed by atoms with Crippen LogP contribution in [0.4, 0.5) is 0 Å². The molecule has 23 heavy (non-hydrogen) atoms. The van der Waals surface area contributed by atoms with E-state index in [1.807, 2.05) is 56.3 Å². The standard InChI is InChI=1S/C19H23NO2S/c1-15(2)20(14-16-7-4-3-5-8-16)23(21,22)19-12-11-17-9-6-10-18(17)13-19/h3-5,7-8,11-13,15H,6,9-10,14H2,1-2H3. The summed E-state index contributed by atoms with van der Waals surface area (Å²) in [6.07, 6.45) is 3.17. The van der Waals surface area contributed by atoms with Gasteiger partial charge in [-0.15, -0.1) is 0 Å². The van der Waals surface area contributed by atoms with E-state index in [-0.39, 0.29) is 6.04 Å². The predicted octanol–water partition coefficient (Wildman–Crippen LogP) is 3.77. The summed E-state index contributed by atoms with van der Waals surface area (Å²) in [4.78, 5) is 0.419. The van der Waals surface area contributed by atoms with Crippen LogP contribution in [0, 0.1) is 0 Å². The van der Waals surface area contributed by atoms with E-state index in [0.29, 0.717) is 11.4 Å². The Bertz CT molecular complexity index is 782. The van der Waals surface area contributed by atoms with Gasteiger partial charge in [0, 0.05) is 12.6 Å². The van der Waals surface area contributed by atoms with E-state index >= 15 is 0 Å². The Balaban J connectivity index is 1.94. The number of sulfonamides is 1. The number of hydrogen-bond acceptors (Lipinski definition) is 2. The molecular weight excluding hydrogens is 306 g/mol. The first-order chi connectivity index (χ1) is 11.0. The van der Waals surface area contributed by atoms with Crippen LogP contribution in [0.15, 0.2) is 53.4 Å². The van der Waals surface area contributed by atoms with Gasteiger partial charge in [0.05, 0.1) is 4.90 Å². The Kier molecular flexibility index (Phi) is 4.55. The Morgan fingerprint density at radius 1 is 1.00 bits per heavy atom. The van der Waals surface area contributed by atoms with Gasteiger partial charge in [0.25, 0.3) is 0 Å². The molecule has 3 nitrogen and oxygen atoms in total. The van der Waals surface area contributed by atoms with Crippen molar-refractivity contribution in [2.75, 3.05) is 0 Å². The van der Waals surface area contributed by atoms with E-state index in [9.17, 15) is 8.42 Å². The zero-order valence-corrected chi connectivity index (χ0v) is 14.5. The first-order valence-corrected chi connectivity index (χ1v) is 9.60. The molecule has 2 aromatic carbocycles. The van der Waals surface area contributed by atoms with Crippen molar-refractivity contribution in [1.29, 1.82) is 0 Å². The van der Waals surface area contributed by atoms with Crippen molar-refractivity contribution in [3.63, 3.8) is 0 Å². The second kappa shape index (κ2) is 6.46. The quantitative estimate of drug-likeness (QED) is 0.837. The summed E-state index contributed by atoms with van der Waals surface area (Å²) in [5.41, 5.74) is 3.49. The van der Waals surface area contributed by atoms with Crippen molar-refractivity contribution in [2.45, 2.75) is 50.6 Å². The van der Waals surface area contributed by atoms with Gasteiger partial charge in [-0.05, 0) is 61.9 Å². The Morgan fingerprint density at radius 3 is 2.39 bits per heavy atom. The van der Waals surface area contributed by atoms with E-state index in [1.165, 1.54) is 11.1 Å². The molecule has 0 fully saturated rings. The van der Waals surface area contributed by atoms with Gasteiger partial charge in [-0.3, -0.25) is 0 Å². The number of nitrogens with zero attached hydrogens (tertiary/aromatic N) is 1. The molecule has 0 aliphatic heterocycles. The normalized spacial score (nSPS) is 14.4. The number of hydrogen-bond donors (Lipinski definition) is 0. The Labute approximate surface area is 139 Å². The van der Waals surface area contributed by atoms with Gasteiger partial charge in [0.1, 0.15) is 0 Å². The lowest BCUT2D eigenvalue weighted by Gasteiger charge is -2.26. The molecule has 0 amide bonds. The second-order valence-corrected chi connectivity index (χ2v) is 8.30. The van der Waals surface area contributed by atoms with Crippen LogP contribution in [0.2, 0.25) is 0 Å². The molecular formula is C19H23NO2S. The van der Waals surface area contributed by atoms with Crippen molar-refractivity contribution in [3.8, 4) is 0 Å². The van der Waals surface area contributed by atoms with Crippen LogP contribution in [-0.2, 0) is 29.4 Å². The maximum atomic E-state index is 13.1.